The molecule has 3 aromatic rings. The minimum atomic E-state index is -3.38. The molecule has 0 bridgehead atoms. The van der Waals surface area contributed by atoms with Crippen LogP contribution in [0.1, 0.15) is 53.9 Å². The number of carbonyl (C=O) groups is 1. The maximum Gasteiger partial charge on any atom is 0.268 e. The van der Waals surface area contributed by atoms with Crippen molar-refractivity contribution in [2.75, 3.05) is 11.4 Å². The Balaban J connectivity index is 1.72. The van der Waals surface area contributed by atoms with Crippen molar-refractivity contribution in [3.63, 3.8) is 0 Å². The highest BCUT2D eigenvalue weighted by molar-refractivity contribution is 7.91. The first-order valence-electron chi connectivity index (χ1n) is 10.2. The van der Waals surface area contributed by atoms with Gasteiger partial charge in [-0.2, -0.15) is 0 Å². The summed E-state index contributed by atoms with van der Waals surface area (Å²) in [6.45, 7) is 6.94. The van der Waals surface area contributed by atoms with Crippen LogP contribution in [0.2, 0.25) is 0 Å². The summed E-state index contributed by atoms with van der Waals surface area (Å²) in [5, 5.41) is 0. The summed E-state index contributed by atoms with van der Waals surface area (Å²) in [6.07, 6.45) is 0.833. The van der Waals surface area contributed by atoms with Crippen molar-refractivity contribution in [2.24, 2.45) is 0 Å². The Morgan fingerprint density at radius 1 is 1.10 bits per heavy atom. The highest BCUT2D eigenvalue weighted by Gasteiger charge is 2.31. The predicted octanol–water partition coefficient (Wildman–Crippen LogP) is 5.88. The number of carbonyl (C=O) groups excluding carboxylic acids is 1. The van der Waals surface area contributed by atoms with Gasteiger partial charge in [-0.3, -0.25) is 4.79 Å². The third-order valence-corrected chi connectivity index (χ3v) is 8.31. The molecule has 156 valence electrons. The molecule has 0 atom stereocenters. The lowest BCUT2D eigenvalue weighted by Crippen LogP contribution is -2.31. The van der Waals surface area contributed by atoms with Crippen LogP contribution in [-0.2, 0) is 15.6 Å². The zero-order valence-electron chi connectivity index (χ0n) is 17.4. The van der Waals surface area contributed by atoms with Gasteiger partial charge in [-0.05, 0) is 47.7 Å². The second kappa shape index (κ2) is 8.00. The van der Waals surface area contributed by atoms with E-state index in [1.807, 2.05) is 31.2 Å². The Hall–Kier alpha value is -2.44. The van der Waals surface area contributed by atoms with Crippen molar-refractivity contribution in [3.05, 3.63) is 70.6 Å². The Labute approximate surface area is 182 Å². The number of sulfone groups is 1. The molecule has 0 saturated carbocycles. The van der Waals surface area contributed by atoms with Gasteiger partial charge in [-0.15, -0.1) is 11.3 Å². The minimum Gasteiger partial charge on any atom is -0.308 e. The molecule has 2 heterocycles. The molecular weight excluding hydrogens is 414 g/mol. The topological polar surface area (TPSA) is 54.5 Å². The van der Waals surface area contributed by atoms with E-state index in [0.717, 1.165) is 17.0 Å². The molecule has 0 saturated heterocycles. The highest BCUT2D eigenvalue weighted by atomic mass is 32.2. The molecule has 0 aliphatic carbocycles. The first kappa shape index (κ1) is 20.8. The number of rotatable bonds is 5. The zero-order chi connectivity index (χ0) is 21.5. The van der Waals surface area contributed by atoms with Gasteiger partial charge in [0, 0.05) is 22.7 Å². The number of hydrogen-bond donors (Lipinski definition) is 0. The first-order valence-corrected chi connectivity index (χ1v) is 12.7. The molecule has 1 aromatic heterocycles. The smallest absolute Gasteiger partial charge is 0.268 e. The maximum atomic E-state index is 13.4. The second-order valence-corrected chi connectivity index (χ2v) is 10.9. The Morgan fingerprint density at radius 2 is 1.80 bits per heavy atom. The first-order chi connectivity index (χ1) is 14.3. The number of benzene rings is 2. The summed E-state index contributed by atoms with van der Waals surface area (Å²) in [5.41, 5.74) is 3.52. The summed E-state index contributed by atoms with van der Waals surface area (Å²) < 4.78 is 25.3. The standard InChI is InChI=1S/C24H25NO3S2/c1-4-13-25(19-11-9-17(10-12-19)16(2)3)24(26)21-14-18-15-30(27,28)22-8-6-5-7-20(22)23(18)29-21/h5-12,14,16H,4,13,15H2,1-3H3. The molecule has 4 nitrogen and oxygen atoms in total. The van der Waals surface area contributed by atoms with Gasteiger partial charge < -0.3 is 4.90 Å². The van der Waals surface area contributed by atoms with Crippen molar-refractivity contribution in [3.8, 4) is 10.4 Å². The van der Waals surface area contributed by atoms with E-state index in [1.165, 1.54) is 16.9 Å². The van der Waals surface area contributed by atoms with Gasteiger partial charge in [0.15, 0.2) is 9.84 Å². The number of anilines is 1. The maximum absolute atomic E-state index is 13.4. The number of fused-ring (bicyclic) bond motifs is 3. The minimum absolute atomic E-state index is 0.0556. The Bertz CT molecular complexity index is 1190. The number of thiophene rings is 1. The van der Waals surface area contributed by atoms with Crippen molar-refractivity contribution in [2.45, 2.75) is 43.8 Å². The normalized spacial score (nSPS) is 14.3. The van der Waals surface area contributed by atoms with Gasteiger partial charge in [0.1, 0.15) is 0 Å². The third kappa shape index (κ3) is 3.70. The molecule has 0 unspecified atom stereocenters. The van der Waals surface area contributed by atoms with Crippen molar-refractivity contribution >= 4 is 32.8 Å². The summed E-state index contributed by atoms with van der Waals surface area (Å²) in [4.78, 5) is 17.0. The number of nitrogens with zero attached hydrogens (tertiary/aromatic N) is 1. The monoisotopic (exact) mass is 439 g/mol. The molecule has 2 aromatic carbocycles. The molecule has 1 aliphatic heterocycles. The van der Waals surface area contributed by atoms with Gasteiger partial charge in [0.2, 0.25) is 0 Å². The highest BCUT2D eigenvalue weighted by Crippen LogP contribution is 2.43. The molecule has 1 amide bonds. The second-order valence-electron chi connectivity index (χ2n) is 7.92. The van der Waals surface area contributed by atoms with Crippen LogP contribution in [-0.4, -0.2) is 20.9 Å². The summed E-state index contributed by atoms with van der Waals surface area (Å²) in [7, 11) is -3.38. The quantitative estimate of drug-likeness (QED) is 0.499. The molecule has 0 N–H and O–H groups in total. The molecular formula is C24H25NO3S2. The van der Waals surface area contributed by atoms with E-state index in [2.05, 4.69) is 26.0 Å². The molecule has 0 radical (unpaired) electrons. The third-order valence-electron chi connectivity index (χ3n) is 5.40. The van der Waals surface area contributed by atoms with E-state index < -0.39 is 9.84 Å². The van der Waals surface area contributed by atoms with Crippen LogP contribution in [0, 0.1) is 0 Å². The molecule has 0 fully saturated rings. The fourth-order valence-electron chi connectivity index (χ4n) is 3.82. The van der Waals surface area contributed by atoms with E-state index >= 15 is 0 Å². The van der Waals surface area contributed by atoms with Gasteiger partial charge >= 0.3 is 0 Å². The van der Waals surface area contributed by atoms with Crippen LogP contribution in [0.15, 0.2) is 59.5 Å². The largest absolute Gasteiger partial charge is 0.308 e. The van der Waals surface area contributed by atoms with Gasteiger partial charge in [-0.1, -0.05) is 51.1 Å². The van der Waals surface area contributed by atoms with E-state index in [1.54, 1.807) is 23.1 Å². The van der Waals surface area contributed by atoms with Gasteiger partial charge in [0.05, 0.1) is 15.5 Å². The average Bonchev–Trinajstić information content (AvgIpc) is 3.15. The molecule has 30 heavy (non-hydrogen) atoms. The average molecular weight is 440 g/mol. The lowest BCUT2D eigenvalue weighted by molar-refractivity contribution is 0.0990. The molecule has 0 spiro atoms. The van der Waals surface area contributed by atoms with E-state index in [4.69, 9.17) is 0 Å². The predicted molar refractivity (Wildman–Crippen MR) is 123 cm³/mol. The van der Waals surface area contributed by atoms with E-state index in [0.29, 0.717) is 33.4 Å². The van der Waals surface area contributed by atoms with E-state index in [-0.39, 0.29) is 11.7 Å². The van der Waals surface area contributed by atoms with Crippen LogP contribution in [0.3, 0.4) is 0 Å². The Morgan fingerprint density at radius 3 is 2.47 bits per heavy atom. The van der Waals surface area contributed by atoms with Crippen LogP contribution in [0.4, 0.5) is 5.69 Å². The van der Waals surface area contributed by atoms with Crippen molar-refractivity contribution < 1.29 is 13.2 Å². The summed E-state index contributed by atoms with van der Waals surface area (Å²) >= 11 is 1.39. The Kier molecular flexibility index (Phi) is 5.55. The molecule has 4 rings (SSSR count). The molecule has 6 heteroatoms. The van der Waals surface area contributed by atoms with Gasteiger partial charge in [0.25, 0.3) is 5.91 Å². The van der Waals surface area contributed by atoms with Crippen molar-refractivity contribution in [1.29, 1.82) is 0 Å². The van der Waals surface area contributed by atoms with Crippen LogP contribution in [0.5, 0.6) is 0 Å². The van der Waals surface area contributed by atoms with Crippen LogP contribution in [0.25, 0.3) is 10.4 Å². The summed E-state index contributed by atoms with van der Waals surface area (Å²) in [6, 6.07) is 16.9. The van der Waals surface area contributed by atoms with Crippen LogP contribution >= 0.6 is 11.3 Å². The SMILES string of the molecule is CCCN(C(=O)c1cc2c(s1)-c1ccccc1S(=O)(=O)C2)c1ccc(C(C)C)cc1. The lowest BCUT2D eigenvalue weighted by atomic mass is 10.0. The zero-order valence-corrected chi connectivity index (χ0v) is 19.0. The number of hydrogen-bond acceptors (Lipinski definition) is 4. The van der Waals surface area contributed by atoms with Gasteiger partial charge in [-0.25, -0.2) is 8.42 Å². The van der Waals surface area contributed by atoms with Crippen LogP contribution < -0.4 is 4.90 Å². The lowest BCUT2D eigenvalue weighted by Gasteiger charge is -2.22. The number of amides is 1. The fourth-order valence-corrected chi connectivity index (χ4v) is 6.73. The fraction of sp³-hybridized carbons (Fsp3) is 0.292. The van der Waals surface area contributed by atoms with E-state index in [9.17, 15) is 13.2 Å². The van der Waals surface area contributed by atoms with Crippen molar-refractivity contribution in [1.82, 2.24) is 0 Å². The molecule has 1 aliphatic rings. The summed E-state index contributed by atoms with van der Waals surface area (Å²) in [5.74, 6) is 0.295.